The van der Waals surface area contributed by atoms with Gasteiger partial charge in [0.1, 0.15) is 0 Å². The third-order valence-corrected chi connectivity index (χ3v) is 2.69. The van der Waals surface area contributed by atoms with Gasteiger partial charge in [0.2, 0.25) is 5.89 Å². The molecule has 0 amide bonds. The van der Waals surface area contributed by atoms with Crippen molar-refractivity contribution in [3.05, 3.63) is 5.89 Å². The van der Waals surface area contributed by atoms with Crippen LogP contribution < -0.4 is 10.6 Å². The second-order valence-electron chi connectivity index (χ2n) is 4.07. The zero-order valence-corrected chi connectivity index (χ0v) is 9.29. The van der Waals surface area contributed by atoms with E-state index in [1.54, 1.807) is 0 Å². The lowest BCUT2D eigenvalue weighted by molar-refractivity contribution is 0.488. The van der Waals surface area contributed by atoms with Crippen LogP contribution in [-0.2, 0) is 6.54 Å². The SMILES string of the molecule is CCCC1CC1Nc1nnc(CNC)o1. The summed E-state index contributed by atoms with van der Waals surface area (Å²) in [6.45, 7) is 2.84. The van der Waals surface area contributed by atoms with E-state index < -0.39 is 0 Å². The molecule has 5 nitrogen and oxygen atoms in total. The van der Waals surface area contributed by atoms with Gasteiger partial charge in [-0.05, 0) is 25.8 Å². The molecule has 2 N–H and O–H groups in total. The largest absolute Gasteiger partial charge is 0.407 e. The van der Waals surface area contributed by atoms with E-state index in [0.717, 1.165) is 5.92 Å². The highest BCUT2D eigenvalue weighted by Crippen LogP contribution is 2.36. The normalized spacial score (nSPS) is 24.1. The van der Waals surface area contributed by atoms with Crippen LogP contribution >= 0.6 is 0 Å². The van der Waals surface area contributed by atoms with Crippen molar-refractivity contribution in [3.8, 4) is 0 Å². The number of nitrogens with one attached hydrogen (secondary N) is 2. The first-order valence-corrected chi connectivity index (χ1v) is 5.57. The van der Waals surface area contributed by atoms with Crippen LogP contribution in [0, 0.1) is 5.92 Å². The summed E-state index contributed by atoms with van der Waals surface area (Å²) in [6.07, 6.45) is 3.77. The van der Waals surface area contributed by atoms with E-state index in [2.05, 4.69) is 27.8 Å². The molecule has 0 spiro atoms. The maximum absolute atomic E-state index is 5.41. The molecular formula is C10H18N4O. The maximum Gasteiger partial charge on any atom is 0.315 e. The predicted octanol–water partition coefficient (Wildman–Crippen LogP) is 1.39. The number of anilines is 1. The summed E-state index contributed by atoms with van der Waals surface area (Å²) in [5.74, 6) is 1.43. The fraction of sp³-hybridized carbons (Fsp3) is 0.800. The molecule has 0 saturated heterocycles. The highest BCUT2D eigenvalue weighted by atomic mass is 16.4. The Morgan fingerprint density at radius 3 is 3.07 bits per heavy atom. The average molecular weight is 210 g/mol. The van der Waals surface area contributed by atoms with E-state index in [1.807, 2.05) is 7.05 Å². The Hall–Kier alpha value is -1.10. The van der Waals surface area contributed by atoms with Crippen LogP contribution in [0.15, 0.2) is 4.42 Å². The van der Waals surface area contributed by atoms with E-state index >= 15 is 0 Å². The topological polar surface area (TPSA) is 63.0 Å². The highest BCUT2D eigenvalue weighted by Gasteiger charge is 2.36. The van der Waals surface area contributed by atoms with Crippen molar-refractivity contribution in [2.24, 2.45) is 5.92 Å². The predicted molar refractivity (Wildman–Crippen MR) is 57.5 cm³/mol. The fourth-order valence-electron chi connectivity index (χ4n) is 1.81. The van der Waals surface area contributed by atoms with Crippen molar-refractivity contribution in [2.45, 2.75) is 38.8 Å². The van der Waals surface area contributed by atoms with Crippen molar-refractivity contribution in [3.63, 3.8) is 0 Å². The Labute approximate surface area is 89.6 Å². The van der Waals surface area contributed by atoms with Crippen LogP contribution in [-0.4, -0.2) is 23.3 Å². The summed E-state index contributed by atoms with van der Waals surface area (Å²) in [6, 6.07) is 1.11. The molecule has 0 aliphatic heterocycles. The molecule has 1 heterocycles. The summed E-state index contributed by atoms with van der Waals surface area (Å²) >= 11 is 0. The van der Waals surface area contributed by atoms with Gasteiger partial charge in [0.15, 0.2) is 0 Å². The smallest absolute Gasteiger partial charge is 0.315 e. The van der Waals surface area contributed by atoms with Gasteiger partial charge in [0.05, 0.1) is 6.54 Å². The Bertz CT molecular complexity index is 312. The Morgan fingerprint density at radius 2 is 2.33 bits per heavy atom. The minimum atomic E-state index is 0.549. The molecule has 0 bridgehead atoms. The summed E-state index contributed by atoms with van der Waals surface area (Å²) in [7, 11) is 1.86. The van der Waals surface area contributed by atoms with Gasteiger partial charge in [-0.25, -0.2) is 0 Å². The lowest BCUT2D eigenvalue weighted by atomic mass is 10.2. The van der Waals surface area contributed by atoms with Gasteiger partial charge >= 0.3 is 6.01 Å². The van der Waals surface area contributed by atoms with Gasteiger partial charge in [-0.1, -0.05) is 18.4 Å². The van der Waals surface area contributed by atoms with Crippen LogP contribution in [0.2, 0.25) is 0 Å². The summed E-state index contributed by atoms with van der Waals surface area (Å²) in [4.78, 5) is 0. The quantitative estimate of drug-likeness (QED) is 0.743. The zero-order chi connectivity index (χ0) is 10.7. The van der Waals surface area contributed by atoms with Gasteiger partial charge in [-0.2, -0.15) is 0 Å². The highest BCUT2D eigenvalue weighted by molar-refractivity contribution is 5.24. The molecule has 1 aliphatic rings. The number of aromatic nitrogens is 2. The molecule has 15 heavy (non-hydrogen) atoms. The monoisotopic (exact) mass is 210 g/mol. The number of rotatable bonds is 6. The Kier molecular flexibility index (Phi) is 3.20. The molecule has 84 valence electrons. The molecule has 1 saturated carbocycles. The van der Waals surface area contributed by atoms with Crippen molar-refractivity contribution in [1.82, 2.24) is 15.5 Å². The Morgan fingerprint density at radius 1 is 1.47 bits per heavy atom. The molecule has 1 fully saturated rings. The van der Waals surface area contributed by atoms with E-state index in [4.69, 9.17) is 4.42 Å². The summed E-state index contributed by atoms with van der Waals surface area (Å²) in [5.41, 5.74) is 0. The van der Waals surface area contributed by atoms with Gasteiger partial charge in [0, 0.05) is 6.04 Å². The van der Waals surface area contributed by atoms with E-state index in [0.29, 0.717) is 24.5 Å². The van der Waals surface area contributed by atoms with Gasteiger partial charge in [-0.15, -0.1) is 5.10 Å². The average Bonchev–Trinajstić information content (AvgIpc) is 2.76. The second-order valence-corrected chi connectivity index (χ2v) is 4.07. The fourth-order valence-corrected chi connectivity index (χ4v) is 1.81. The molecule has 2 rings (SSSR count). The number of hydrogen-bond acceptors (Lipinski definition) is 5. The summed E-state index contributed by atoms with van der Waals surface area (Å²) < 4.78 is 5.41. The van der Waals surface area contributed by atoms with Crippen LogP contribution in [0.1, 0.15) is 32.1 Å². The van der Waals surface area contributed by atoms with Crippen molar-refractivity contribution in [1.29, 1.82) is 0 Å². The molecule has 0 radical (unpaired) electrons. The second kappa shape index (κ2) is 4.61. The molecule has 5 heteroatoms. The Balaban J connectivity index is 1.79. The number of nitrogens with zero attached hydrogens (tertiary/aromatic N) is 2. The van der Waals surface area contributed by atoms with Gasteiger partial charge in [0.25, 0.3) is 0 Å². The minimum absolute atomic E-state index is 0.549. The van der Waals surface area contributed by atoms with E-state index in [-0.39, 0.29) is 0 Å². The lowest BCUT2D eigenvalue weighted by Gasteiger charge is -1.98. The standard InChI is InChI=1S/C10H18N4O/c1-3-4-7-5-8(7)12-10-14-13-9(15-10)6-11-2/h7-8,11H,3-6H2,1-2H3,(H,12,14). The van der Waals surface area contributed by atoms with Crippen LogP contribution in [0.3, 0.4) is 0 Å². The zero-order valence-electron chi connectivity index (χ0n) is 9.29. The summed E-state index contributed by atoms with van der Waals surface area (Å²) in [5, 5.41) is 14.1. The maximum atomic E-state index is 5.41. The van der Waals surface area contributed by atoms with E-state index in [1.165, 1.54) is 19.3 Å². The third-order valence-electron chi connectivity index (χ3n) is 2.69. The van der Waals surface area contributed by atoms with Gasteiger partial charge < -0.3 is 15.1 Å². The van der Waals surface area contributed by atoms with E-state index in [9.17, 15) is 0 Å². The van der Waals surface area contributed by atoms with Crippen LogP contribution in [0.5, 0.6) is 0 Å². The first-order valence-electron chi connectivity index (χ1n) is 5.57. The molecule has 2 atom stereocenters. The van der Waals surface area contributed by atoms with Crippen LogP contribution in [0.25, 0.3) is 0 Å². The van der Waals surface area contributed by atoms with Crippen LogP contribution in [0.4, 0.5) is 6.01 Å². The molecular weight excluding hydrogens is 192 g/mol. The molecule has 0 aromatic carbocycles. The first-order chi connectivity index (χ1) is 7.33. The molecule has 2 unspecified atom stereocenters. The number of hydrogen-bond donors (Lipinski definition) is 2. The minimum Gasteiger partial charge on any atom is -0.407 e. The lowest BCUT2D eigenvalue weighted by Crippen LogP contribution is -2.05. The molecule has 1 aromatic rings. The van der Waals surface area contributed by atoms with Crippen molar-refractivity contribution < 1.29 is 4.42 Å². The van der Waals surface area contributed by atoms with Crippen molar-refractivity contribution >= 4 is 6.01 Å². The van der Waals surface area contributed by atoms with Gasteiger partial charge in [-0.3, -0.25) is 0 Å². The first kappa shape index (κ1) is 10.4. The molecule has 1 aromatic heterocycles. The molecule has 1 aliphatic carbocycles. The van der Waals surface area contributed by atoms with Crippen molar-refractivity contribution in [2.75, 3.05) is 12.4 Å². The third kappa shape index (κ3) is 2.68.